The minimum atomic E-state index is -9.83. The van der Waals surface area contributed by atoms with Crippen molar-refractivity contribution in [2.45, 2.75) is 43.0 Å². The van der Waals surface area contributed by atoms with Crippen LogP contribution in [0.2, 0.25) is 0 Å². The van der Waals surface area contributed by atoms with E-state index in [1.165, 1.54) is 7.11 Å². The van der Waals surface area contributed by atoms with Crippen LogP contribution in [0.4, 0.5) is 29.9 Å². The molecular weight excluding hydrogens is 355 g/mol. The van der Waals surface area contributed by atoms with E-state index < -0.39 is 26.8 Å². The SMILES string of the molecule is COc1ccc(S(F)(F)(F)(F)F)cc1NC(=O)NC1CCCCC1. The van der Waals surface area contributed by atoms with Crippen molar-refractivity contribution in [1.29, 1.82) is 0 Å². The van der Waals surface area contributed by atoms with Gasteiger partial charge in [-0.25, -0.2) is 4.79 Å². The second-order valence-electron chi connectivity index (χ2n) is 5.76. The molecule has 2 N–H and O–H groups in total. The molecule has 0 saturated heterocycles. The normalized spacial score (nSPS) is 19.1. The number of anilines is 1. The molecular formula is C14H19F5N2O2S. The van der Waals surface area contributed by atoms with Crippen molar-refractivity contribution in [2.75, 3.05) is 12.4 Å². The Kier molecular flexibility index (Phi) is 4.41. The highest BCUT2D eigenvalue weighted by atomic mass is 32.5. The van der Waals surface area contributed by atoms with Gasteiger partial charge in [-0.15, -0.1) is 0 Å². The Bertz CT molecular complexity index is 630. The van der Waals surface area contributed by atoms with Crippen LogP contribution in [0.1, 0.15) is 32.1 Å². The van der Waals surface area contributed by atoms with Gasteiger partial charge in [0, 0.05) is 6.04 Å². The molecule has 1 saturated carbocycles. The van der Waals surface area contributed by atoms with Crippen LogP contribution in [-0.2, 0) is 0 Å². The number of nitrogens with one attached hydrogen (secondary N) is 2. The lowest BCUT2D eigenvalue weighted by Gasteiger charge is -2.40. The lowest BCUT2D eigenvalue weighted by Crippen LogP contribution is -2.39. The van der Waals surface area contributed by atoms with Gasteiger partial charge in [-0.1, -0.05) is 38.7 Å². The van der Waals surface area contributed by atoms with Crippen LogP contribution in [0.3, 0.4) is 0 Å². The third-order valence-electron chi connectivity index (χ3n) is 3.80. The molecule has 1 fully saturated rings. The monoisotopic (exact) mass is 374 g/mol. The molecule has 0 spiro atoms. The molecule has 10 heteroatoms. The van der Waals surface area contributed by atoms with Crippen molar-refractivity contribution in [3.8, 4) is 5.75 Å². The van der Waals surface area contributed by atoms with E-state index in [4.69, 9.17) is 4.74 Å². The second kappa shape index (κ2) is 5.68. The van der Waals surface area contributed by atoms with E-state index in [1.54, 1.807) is 0 Å². The average Bonchev–Trinajstić information content (AvgIpc) is 2.45. The number of ether oxygens (including phenoxy) is 1. The van der Waals surface area contributed by atoms with Crippen LogP contribution in [-0.4, -0.2) is 19.2 Å². The molecule has 0 unspecified atom stereocenters. The van der Waals surface area contributed by atoms with E-state index in [2.05, 4.69) is 10.6 Å². The quantitative estimate of drug-likeness (QED) is 0.654. The summed E-state index contributed by atoms with van der Waals surface area (Å²) in [6.07, 6.45) is 4.52. The van der Waals surface area contributed by atoms with Crippen molar-refractivity contribution < 1.29 is 29.0 Å². The van der Waals surface area contributed by atoms with E-state index in [9.17, 15) is 24.2 Å². The molecule has 0 bridgehead atoms. The fraction of sp³-hybridized carbons (Fsp3) is 0.500. The first-order valence-corrected chi connectivity index (χ1v) is 9.34. The largest absolute Gasteiger partial charge is 0.495 e. The van der Waals surface area contributed by atoms with Crippen molar-refractivity contribution >= 4 is 21.9 Å². The number of carbonyl (C=O) groups excluding carboxylic acids is 1. The smallest absolute Gasteiger partial charge is 0.319 e. The van der Waals surface area contributed by atoms with E-state index >= 15 is 0 Å². The number of urea groups is 1. The number of hydrogen-bond acceptors (Lipinski definition) is 2. The predicted octanol–water partition coefficient (Wildman–Crippen LogP) is 5.81. The van der Waals surface area contributed by atoms with Gasteiger partial charge in [0.15, 0.2) is 0 Å². The highest BCUT2D eigenvalue weighted by molar-refractivity contribution is 8.45. The van der Waals surface area contributed by atoms with Crippen LogP contribution < -0.4 is 15.4 Å². The number of methoxy groups -OCH3 is 1. The lowest BCUT2D eigenvalue weighted by molar-refractivity contribution is 0.244. The number of benzene rings is 1. The van der Waals surface area contributed by atoms with Gasteiger partial charge in [0.1, 0.15) is 10.6 Å². The third kappa shape index (κ3) is 4.89. The standard InChI is InChI=1S/C14H19F5N2O2S/c1-23-13-8-7-11(24(15,16,17,18)19)9-12(13)21-14(22)20-10-5-3-2-4-6-10/h7-10H,2-6H2,1H3,(H2,20,21,22). The third-order valence-corrected chi connectivity index (χ3v) is 4.95. The van der Waals surface area contributed by atoms with Crippen LogP contribution in [0, 0.1) is 0 Å². The van der Waals surface area contributed by atoms with Gasteiger partial charge in [0.25, 0.3) is 0 Å². The molecule has 0 radical (unpaired) electrons. The Hall–Kier alpha value is -1.71. The summed E-state index contributed by atoms with van der Waals surface area (Å²) in [5.41, 5.74) is -0.462. The number of halogens is 5. The van der Waals surface area contributed by atoms with Gasteiger partial charge in [-0.3, -0.25) is 0 Å². The van der Waals surface area contributed by atoms with Gasteiger partial charge in [0.2, 0.25) is 0 Å². The van der Waals surface area contributed by atoms with E-state index in [-0.39, 0.29) is 23.9 Å². The van der Waals surface area contributed by atoms with Crippen molar-refractivity contribution in [3.63, 3.8) is 0 Å². The summed E-state index contributed by atoms with van der Waals surface area (Å²) in [5, 5.41) is 4.80. The van der Waals surface area contributed by atoms with E-state index in [0.29, 0.717) is 0 Å². The number of amides is 2. The Morgan fingerprint density at radius 2 is 1.75 bits per heavy atom. The average molecular weight is 374 g/mol. The van der Waals surface area contributed by atoms with Crippen LogP contribution in [0.5, 0.6) is 5.75 Å². The predicted molar refractivity (Wildman–Crippen MR) is 83.4 cm³/mol. The Balaban J connectivity index is 2.20. The summed E-state index contributed by atoms with van der Waals surface area (Å²) in [5.74, 6) is -0.139. The molecule has 24 heavy (non-hydrogen) atoms. The number of hydrogen-bond donors (Lipinski definition) is 2. The summed E-state index contributed by atoms with van der Waals surface area (Å²) in [7, 11) is -8.67. The molecule has 0 aromatic heterocycles. The Morgan fingerprint density at radius 3 is 2.29 bits per heavy atom. The maximum absolute atomic E-state index is 12.9. The Morgan fingerprint density at radius 1 is 1.12 bits per heavy atom. The zero-order chi connectivity index (χ0) is 18.1. The first-order chi connectivity index (χ1) is 10.9. The topological polar surface area (TPSA) is 50.4 Å². The number of carbonyl (C=O) groups is 1. The fourth-order valence-corrected chi connectivity index (χ4v) is 3.28. The van der Waals surface area contributed by atoms with Gasteiger partial charge in [-0.05, 0) is 31.0 Å². The summed E-state index contributed by atoms with van der Waals surface area (Å²) < 4.78 is 69.3. The maximum atomic E-state index is 12.9. The van der Waals surface area contributed by atoms with Gasteiger partial charge in [0.05, 0.1) is 12.8 Å². The summed E-state index contributed by atoms with van der Waals surface area (Å²) in [6.45, 7) is 0. The molecule has 1 aliphatic rings. The summed E-state index contributed by atoms with van der Waals surface area (Å²) in [6, 6.07) is 0.359. The molecule has 138 valence electrons. The van der Waals surface area contributed by atoms with Gasteiger partial charge < -0.3 is 15.4 Å². The highest BCUT2D eigenvalue weighted by Gasteiger charge is 2.65. The van der Waals surface area contributed by atoms with Crippen molar-refractivity contribution in [2.24, 2.45) is 0 Å². The summed E-state index contributed by atoms with van der Waals surface area (Å²) >= 11 is 0. The maximum Gasteiger partial charge on any atom is 0.319 e. The van der Waals surface area contributed by atoms with Gasteiger partial charge in [-0.2, -0.15) is 0 Å². The van der Waals surface area contributed by atoms with E-state index in [1.807, 2.05) is 0 Å². The van der Waals surface area contributed by atoms with Crippen LogP contribution >= 0.6 is 10.2 Å². The Labute approximate surface area is 136 Å². The molecule has 4 nitrogen and oxygen atoms in total. The van der Waals surface area contributed by atoms with Crippen molar-refractivity contribution in [1.82, 2.24) is 5.32 Å². The molecule has 0 aliphatic heterocycles. The van der Waals surface area contributed by atoms with Crippen LogP contribution in [0.25, 0.3) is 0 Å². The molecule has 1 aromatic rings. The molecule has 0 heterocycles. The zero-order valence-corrected chi connectivity index (χ0v) is 13.8. The first-order valence-electron chi connectivity index (χ1n) is 7.39. The van der Waals surface area contributed by atoms with E-state index in [0.717, 1.165) is 38.2 Å². The first kappa shape index (κ1) is 18.6. The fourth-order valence-electron chi connectivity index (χ4n) is 2.62. The number of rotatable bonds is 4. The highest BCUT2D eigenvalue weighted by Crippen LogP contribution is 3.02. The molecule has 0 atom stereocenters. The van der Waals surface area contributed by atoms with Crippen molar-refractivity contribution in [3.05, 3.63) is 18.2 Å². The molecule has 2 rings (SSSR count). The van der Waals surface area contributed by atoms with Gasteiger partial charge >= 0.3 is 16.3 Å². The molecule has 1 aromatic carbocycles. The minimum absolute atomic E-state index is 0.0800. The second-order valence-corrected chi connectivity index (χ2v) is 8.17. The summed E-state index contributed by atoms with van der Waals surface area (Å²) in [4.78, 5) is 9.85. The zero-order valence-electron chi connectivity index (χ0n) is 13.0. The lowest BCUT2D eigenvalue weighted by atomic mass is 9.96. The molecule has 2 amide bonds. The minimum Gasteiger partial charge on any atom is -0.495 e. The van der Waals surface area contributed by atoms with Crippen LogP contribution in [0.15, 0.2) is 23.1 Å². The molecule has 1 aliphatic carbocycles.